The molecule has 1 aliphatic heterocycles. The standard InChI is InChI=1S/C5H8N3O2/c1-7-2-3-8(4(6)9)5(7)10/h6H,2-3H2,1H3. The number of hydrogen-bond donors (Lipinski definition) is 0. The number of urea groups is 2. The minimum absolute atomic E-state index is 0.345. The molecule has 1 heterocycles. The first-order valence-corrected chi connectivity index (χ1v) is 2.91. The molecule has 1 aliphatic rings. The van der Waals surface area contributed by atoms with Gasteiger partial charge < -0.3 is 4.90 Å². The molecule has 0 unspecified atom stereocenters. The second kappa shape index (κ2) is 2.17. The summed E-state index contributed by atoms with van der Waals surface area (Å²) < 4.78 is 0. The molecule has 0 aromatic carbocycles. The second-order valence-corrected chi connectivity index (χ2v) is 2.16. The Kier molecular flexibility index (Phi) is 1.48. The number of rotatable bonds is 0. The molecule has 0 spiro atoms. The van der Waals surface area contributed by atoms with Crippen molar-refractivity contribution in [3.8, 4) is 0 Å². The lowest BCUT2D eigenvalue weighted by Gasteiger charge is -2.09. The van der Waals surface area contributed by atoms with E-state index in [1.165, 1.54) is 4.90 Å². The number of carbonyl (C=O) groups excluding carboxylic acids is 2. The molecule has 0 aromatic rings. The van der Waals surface area contributed by atoms with E-state index in [1.807, 2.05) is 0 Å². The van der Waals surface area contributed by atoms with Crippen molar-refractivity contribution in [1.29, 1.82) is 0 Å². The Morgan fingerprint density at radius 2 is 2.20 bits per heavy atom. The van der Waals surface area contributed by atoms with Crippen LogP contribution in [-0.4, -0.2) is 42.0 Å². The van der Waals surface area contributed by atoms with Crippen LogP contribution < -0.4 is 5.73 Å². The molecule has 0 atom stereocenters. The highest BCUT2D eigenvalue weighted by atomic mass is 16.2. The third-order valence-corrected chi connectivity index (χ3v) is 1.46. The van der Waals surface area contributed by atoms with Gasteiger partial charge >= 0.3 is 12.1 Å². The zero-order valence-electron chi connectivity index (χ0n) is 5.63. The van der Waals surface area contributed by atoms with Crippen LogP contribution in [0.3, 0.4) is 0 Å². The van der Waals surface area contributed by atoms with E-state index in [4.69, 9.17) is 5.73 Å². The highest BCUT2D eigenvalue weighted by Crippen LogP contribution is 2.04. The molecule has 1 fully saturated rings. The molecule has 5 heteroatoms. The highest BCUT2D eigenvalue weighted by Gasteiger charge is 2.29. The van der Waals surface area contributed by atoms with Crippen molar-refractivity contribution in [3.05, 3.63) is 0 Å². The monoisotopic (exact) mass is 142 g/mol. The second-order valence-electron chi connectivity index (χ2n) is 2.16. The van der Waals surface area contributed by atoms with Gasteiger partial charge in [0.25, 0.3) is 0 Å². The summed E-state index contributed by atoms with van der Waals surface area (Å²) in [6, 6.07) is -1.30. The summed E-state index contributed by atoms with van der Waals surface area (Å²) in [6.45, 7) is 0.876. The minimum Gasteiger partial charge on any atom is -0.326 e. The number of amides is 4. The molecule has 5 nitrogen and oxygen atoms in total. The lowest BCUT2D eigenvalue weighted by atomic mass is 10.6. The predicted octanol–water partition coefficient (Wildman–Crippen LogP) is -0.243. The van der Waals surface area contributed by atoms with Gasteiger partial charge in [-0.15, -0.1) is 0 Å². The number of likely N-dealkylation sites (N-methyl/N-ethyl adjacent to an activating group) is 1. The van der Waals surface area contributed by atoms with Gasteiger partial charge in [-0.1, -0.05) is 0 Å². The molecular formula is C5H8N3O2. The molecule has 4 amide bonds. The zero-order valence-corrected chi connectivity index (χ0v) is 5.63. The van der Waals surface area contributed by atoms with Gasteiger partial charge in [-0.25, -0.2) is 20.2 Å². The van der Waals surface area contributed by atoms with Gasteiger partial charge in [0.1, 0.15) is 0 Å². The van der Waals surface area contributed by atoms with Crippen molar-refractivity contribution in [1.82, 2.24) is 15.5 Å². The SMILES string of the molecule is CN1CCN(C([NH])=O)C1=O. The lowest BCUT2D eigenvalue weighted by Crippen LogP contribution is -2.34. The molecular weight excluding hydrogens is 134 g/mol. The van der Waals surface area contributed by atoms with E-state index in [2.05, 4.69) is 0 Å². The van der Waals surface area contributed by atoms with Crippen molar-refractivity contribution >= 4 is 12.1 Å². The number of nitrogens with one attached hydrogen (secondary N) is 1. The summed E-state index contributed by atoms with van der Waals surface area (Å²) in [5, 5.41) is 0. The van der Waals surface area contributed by atoms with Crippen LogP contribution in [0.5, 0.6) is 0 Å². The van der Waals surface area contributed by atoms with Gasteiger partial charge in [0.15, 0.2) is 0 Å². The molecule has 0 bridgehead atoms. The van der Waals surface area contributed by atoms with Crippen LogP contribution in [0.2, 0.25) is 0 Å². The van der Waals surface area contributed by atoms with Crippen molar-refractivity contribution in [2.45, 2.75) is 0 Å². The third kappa shape index (κ3) is 0.896. The Morgan fingerprint density at radius 3 is 2.40 bits per heavy atom. The summed E-state index contributed by atoms with van der Waals surface area (Å²) in [6.07, 6.45) is 0. The van der Waals surface area contributed by atoms with Crippen LogP contribution in [-0.2, 0) is 0 Å². The fourth-order valence-corrected chi connectivity index (χ4v) is 0.836. The lowest BCUT2D eigenvalue weighted by molar-refractivity contribution is 0.193. The smallest absolute Gasteiger partial charge is 0.326 e. The minimum atomic E-state index is -0.922. The predicted molar refractivity (Wildman–Crippen MR) is 33.2 cm³/mol. The van der Waals surface area contributed by atoms with E-state index < -0.39 is 6.03 Å². The first-order valence-electron chi connectivity index (χ1n) is 2.91. The van der Waals surface area contributed by atoms with Crippen LogP contribution >= 0.6 is 0 Å². The van der Waals surface area contributed by atoms with Crippen LogP contribution in [0, 0.1) is 0 Å². The van der Waals surface area contributed by atoms with Crippen molar-refractivity contribution in [3.63, 3.8) is 0 Å². The number of nitrogens with zero attached hydrogens (tertiary/aromatic N) is 2. The number of imide groups is 1. The molecule has 1 radical (unpaired) electrons. The van der Waals surface area contributed by atoms with Gasteiger partial charge in [-0.2, -0.15) is 0 Å². The summed E-state index contributed by atoms with van der Waals surface area (Å²) >= 11 is 0. The number of carbonyl (C=O) groups is 2. The average Bonchev–Trinajstić information content (AvgIpc) is 2.14. The largest absolute Gasteiger partial charge is 0.344 e. The van der Waals surface area contributed by atoms with Crippen LogP contribution in [0.25, 0.3) is 0 Å². The topological polar surface area (TPSA) is 64.4 Å². The summed E-state index contributed by atoms with van der Waals surface area (Å²) in [5.41, 5.74) is 6.63. The van der Waals surface area contributed by atoms with E-state index in [9.17, 15) is 9.59 Å². The molecule has 0 saturated carbocycles. The van der Waals surface area contributed by atoms with E-state index >= 15 is 0 Å². The van der Waals surface area contributed by atoms with E-state index in [1.54, 1.807) is 7.05 Å². The Bertz CT molecular complexity index is 180. The molecule has 10 heavy (non-hydrogen) atoms. The molecule has 1 saturated heterocycles. The average molecular weight is 142 g/mol. The number of hydrogen-bond acceptors (Lipinski definition) is 2. The first-order chi connectivity index (χ1) is 4.63. The maximum absolute atomic E-state index is 10.9. The molecule has 1 N–H and O–H groups in total. The van der Waals surface area contributed by atoms with E-state index in [-0.39, 0.29) is 6.03 Å². The summed E-state index contributed by atoms with van der Waals surface area (Å²) in [7, 11) is 1.60. The van der Waals surface area contributed by atoms with Crippen molar-refractivity contribution in [2.24, 2.45) is 0 Å². The van der Waals surface area contributed by atoms with Gasteiger partial charge in [0, 0.05) is 20.1 Å². The van der Waals surface area contributed by atoms with Crippen LogP contribution in [0.4, 0.5) is 9.59 Å². The summed E-state index contributed by atoms with van der Waals surface area (Å²) in [4.78, 5) is 23.5. The van der Waals surface area contributed by atoms with Gasteiger partial charge in [0.2, 0.25) is 0 Å². The Morgan fingerprint density at radius 1 is 1.60 bits per heavy atom. The van der Waals surface area contributed by atoms with Crippen molar-refractivity contribution in [2.75, 3.05) is 20.1 Å². The fraction of sp³-hybridized carbons (Fsp3) is 0.600. The maximum atomic E-state index is 10.9. The highest BCUT2D eigenvalue weighted by molar-refractivity contribution is 5.93. The molecule has 1 rings (SSSR count). The van der Waals surface area contributed by atoms with Crippen molar-refractivity contribution < 1.29 is 9.59 Å². The van der Waals surface area contributed by atoms with Crippen LogP contribution in [0.1, 0.15) is 0 Å². The zero-order chi connectivity index (χ0) is 7.72. The summed E-state index contributed by atoms with van der Waals surface area (Å²) in [5.74, 6) is 0. The van der Waals surface area contributed by atoms with Gasteiger partial charge in [-0.3, -0.25) is 0 Å². The normalized spacial score (nSPS) is 18.3. The molecule has 55 valence electrons. The van der Waals surface area contributed by atoms with Gasteiger partial charge in [0.05, 0.1) is 0 Å². The van der Waals surface area contributed by atoms with Gasteiger partial charge in [-0.05, 0) is 0 Å². The third-order valence-electron chi connectivity index (χ3n) is 1.46. The quantitative estimate of drug-likeness (QED) is 0.468. The van der Waals surface area contributed by atoms with E-state index in [0.717, 1.165) is 4.90 Å². The molecule has 0 aliphatic carbocycles. The Hall–Kier alpha value is -1.26. The van der Waals surface area contributed by atoms with E-state index in [0.29, 0.717) is 13.1 Å². The Labute approximate surface area is 58.4 Å². The fourth-order valence-electron chi connectivity index (χ4n) is 0.836. The maximum Gasteiger partial charge on any atom is 0.344 e. The first kappa shape index (κ1) is 6.85. The molecule has 0 aromatic heterocycles. The van der Waals surface area contributed by atoms with Crippen LogP contribution in [0.15, 0.2) is 0 Å². The Balaban J connectivity index is 2.66.